The van der Waals surface area contributed by atoms with Crippen LogP contribution in [0.1, 0.15) is 24.0 Å². The number of nitrogens with one attached hydrogen (secondary N) is 2. The van der Waals surface area contributed by atoms with Crippen LogP contribution < -0.4 is 10.6 Å². The van der Waals surface area contributed by atoms with E-state index in [1.54, 1.807) is 0 Å². The fraction of sp³-hybridized carbons (Fsp3) is 0.278. The first-order chi connectivity index (χ1) is 10.2. The molecule has 108 valence electrons. The molecule has 1 saturated carbocycles. The molecule has 3 nitrogen and oxygen atoms in total. The minimum Gasteiger partial charge on any atom is -0.337 e. The lowest BCUT2D eigenvalue weighted by Gasteiger charge is -2.17. The second kappa shape index (κ2) is 5.60. The minimum absolute atomic E-state index is 0.136. The lowest BCUT2D eigenvalue weighted by molar-refractivity contribution is 0.251. The average Bonchev–Trinajstić information content (AvgIpc) is 3.27. The van der Waals surface area contributed by atoms with E-state index >= 15 is 0 Å². The highest BCUT2D eigenvalue weighted by Gasteiger charge is 2.44. The molecule has 1 fully saturated rings. The molecule has 1 aliphatic rings. The van der Waals surface area contributed by atoms with Gasteiger partial charge in [0.05, 0.1) is 0 Å². The monoisotopic (exact) mass is 280 g/mol. The molecule has 0 atom stereocenters. The summed E-state index contributed by atoms with van der Waals surface area (Å²) >= 11 is 0. The minimum atomic E-state index is -0.136. The van der Waals surface area contributed by atoms with Gasteiger partial charge in [-0.25, -0.2) is 4.79 Å². The molecule has 0 bridgehead atoms. The third kappa shape index (κ3) is 3.24. The number of benzene rings is 2. The third-order valence-electron chi connectivity index (χ3n) is 4.10. The summed E-state index contributed by atoms with van der Waals surface area (Å²) in [6, 6.07) is 18.1. The predicted octanol–water partition coefficient (Wildman–Crippen LogP) is 3.85. The Bertz CT molecular complexity index is 633. The molecular weight excluding hydrogens is 260 g/mol. The van der Waals surface area contributed by atoms with Gasteiger partial charge in [0.2, 0.25) is 0 Å². The lowest BCUT2D eigenvalue weighted by Crippen LogP contribution is -2.35. The Labute approximate surface area is 125 Å². The summed E-state index contributed by atoms with van der Waals surface area (Å²) in [6.07, 6.45) is 2.28. The SMILES string of the molecule is Cc1cccc(NC(=O)NCC2(c3ccccc3)CC2)c1. The van der Waals surface area contributed by atoms with Crippen LogP contribution >= 0.6 is 0 Å². The maximum atomic E-state index is 12.0. The normalized spacial score (nSPS) is 15.3. The largest absolute Gasteiger partial charge is 0.337 e. The maximum Gasteiger partial charge on any atom is 0.319 e. The number of urea groups is 1. The lowest BCUT2D eigenvalue weighted by atomic mass is 9.96. The Hall–Kier alpha value is -2.29. The van der Waals surface area contributed by atoms with Gasteiger partial charge in [-0.1, -0.05) is 42.5 Å². The summed E-state index contributed by atoms with van der Waals surface area (Å²) in [5.74, 6) is 0. The zero-order chi connectivity index (χ0) is 14.7. The highest BCUT2D eigenvalue weighted by Crippen LogP contribution is 2.47. The van der Waals surface area contributed by atoms with Gasteiger partial charge in [-0.3, -0.25) is 0 Å². The molecule has 0 aliphatic heterocycles. The quantitative estimate of drug-likeness (QED) is 0.877. The molecule has 2 aromatic rings. The predicted molar refractivity (Wildman–Crippen MR) is 85.6 cm³/mol. The van der Waals surface area contributed by atoms with Crippen molar-refractivity contribution in [2.45, 2.75) is 25.2 Å². The van der Waals surface area contributed by atoms with Crippen LogP contribution in [0.2, 0.25) is 0 Å². The van der Waals surface area contributed by atoms with Crippen LogP contribution in [0, 0.1) is 6.92 Å². The number of anilines is 1. The molecule has 3 heteroatoms. The van der Waals surface area contributed by atoms with Crippen molar-refractivity contribution in [3.05, 3.63) is 65.7 Å². The van der Waals surface area contributed by atoms with Crippen LogP contribution in [0.3, 0.4) is 0 Å². The molecule has 2 aromatic carbocycles. The Morgan fingerprint density at radius 1 is 1.10 bits per heavy atom. The van der Waals surface area contributed by atoms with Crippen molar-refractivity contribution >= 4 is 11.7 Å². The number of carbonyl (C=O) groups excluding carboxylic acids is 1. The van der Waals surface area contributed by atoms with Crippen LogP contribution in [0.5, 0.6) is 0 Å². The van der Waals surface area contributed by atoms with Crippen LogP contribution in [0.4, 0.5) is 10.5 Å². The number of hydrogen-bond donors (Lipinski definition) is 2. The van der Waals surface area contributed by atoms with Crippen molar-refractivity contribution in [3.63, 3.8) is 0 Å². The van der Waals surface area contributed by atoms with E-state index in [0.29, 0.717) is 6.54 Å². The highest BCUT2D eigenvalue weighted by molar-refractivity contribution is 5.89. The second-order valence-corrected chi connectivity index (χ2v) is 5.82. The summed E-state index contributed by atoms with van der Waals surface area (Å²) in [6.45, 7) is 2.70. The van der Waals surface area contributed by atoms with Gasteiger partial charge in [0.1, 0.15) is 0 Å². The summed E-state index contributed by atoms with van der Waals surface area (Å²) in [5.41, 5.74) is 3.43. The zero-order valence-electron chi connectivity index (χ0n) is 12.2. The van der Waals surface area contributed by atoms with Crippen LogP contribution in [-0.4, -0.2) is 12.6 Å². The second-order valence-electron chi connectivity index (χ2n) is 5.82. The van der Waals surface area contributed by atoms with Crippen molar-refractivity contribution in [3.8, 4) is 0 Å². The van der Waals surface area contributed by atoms with Gasteiger partial charge in [0.25, 0.3) is 0 Å². The average molecular weight is 280 g/mol. The maximum absolute atomic E-state index is 12.0. The summed E-state index contributed by atoms with van der Waals surface area (Å²) in [4.78, 5) is 12.0. The van der Waals surface area contributed by atoms with Gasteiger partial charge < -0.3 is 10.6 Å². The topological polar surface area (TPSA) is 41.1 Å². The van der Waals surface area contributed by atoms with E-state index in [1.807, 2.05) is 37.3 Å². The molecule has 1 aliphatic carbocycles. The standard InChI is InChI=1S/C18H20N2O/c1-14-6-5-9-16(12-14)20-17(21)19-13-18(10-11-18)15-7-3-2-4-8-15/h2-9,12H,10-11,13H2,1H3,(H2,19,20,21). The first-order valence-corrected chi connectivity index (χ1v) is 7.35. The molecule has 0 aromatic heterocycles. The Morgan fingerprint density at radius 2 is 1.86 bits per heavy atom. The van der Waals surface area contributed by atoms with Gasteiger partial charge in [-0.15, -0.1) is 0 Å². The highest BCUT2D eigenvalue weighted by atomic mass is 16.2. The van der Waals surface area contributed by atoms with E-state index in [4.69, 9.17) is 0 Å². The zero-order valence-corrected chi connectivity index (χ0v) is 12.2. The van der Waals surface area contributed by atoms with Gasteiger partial charge in [-0.2, -0.15) is 0 Å². The van der Waals surface area contributed by atoms with Gasteiger partial charge in [0, 0.05) is 17.6 Å². The molecule has 21 heavy (non-hydrogen) atoms. The summed E-state index contributed by atoms with van der Waals surface area (Å²) in [7, 11) is 0. The molecule has 0 radical (unpaired) electrons. The molecule has 0 spiro atoms. The molecule has 3 rings (SSSR count). The molecule has 2 N–H and O–H groups in total. The smallest absolute Gasteiger partial charge is 0.319 e. The van der Waals surface area contributed by atoms with E-state index < -0.39 is 0 Å². The number of aryl methyl sites for hydroxylation is 1. The van der Waals surface area contributed by atoms with Gasteiger partial charge in [0.15, 0.2) is 0 Å². The van der Waals surface area contributed by atoms with Crippen molar-refractivity contribution < 1.29 is 4.79 Å². The van der Waals surface area contributed by atoms with E-state index in [0.717, 1.165) is 24.1 Å². The fourth-order valence-corrected chi connectivity index (χ4v) is 2.66. The van der Waals surface area contributed by atoms with Gasteiger partial charge >= 0.3 is 6.03 Å². The number of rotatable bonds is 4. The number of hydrogen-bond acceptors (Lipinski definition) is 1. The fourth-order valence-electron chi connectivity index (χ4n) is 2.66. The number of amides is 2. The Morgan fingerprint density at radius 3 is 2.52 bits per heavy atom. The van der Waals surface area contributed by atoms with E-state index in [-0.39, 0.29) is 11.4 Å². The van der Waals surface area contributed by atoms with E-state index in [9.17, 15) is 4.79 Å². The third-order valence-corrected chi connectivity index (χ3v) is 4.10. The van der Waals surface area contributed by atoms with Crippen LogP contribution in [0.15, 0.2) is 54.6 Å². The molecular formula is C18H20N2O. The first kappa shape index (κ1) is 13.7. The van der Waals surface area contributed by atoms with Crippen molar-refractivity contribution in [2.24, 2.45) is 0 Å². The molecule has 0 unspecified atom stereocenters. The van der Waals surface area contributed by atoms with Crippen molar-refractivity contribution in [1.82, 2.24) is 5.32 Å². The van der Waals surface area contributed by atoms with Crippen molar-refractivity contribution in [1.29, 1.82) is 0 Å². The Balaban J connectivity index is 1.57. The van der Waals surface area contributed by atoms with Crippen LogP contribution in [-0.2, 0) is 5.41 Å². The summed E-state index contributed by atoms with van der Waals surface area (Å²) < 4.78 is 0. The van der Waals surface area contributed by atoms with E-state index in [2.05, 4.69) is 34.9 Å². The van der Waals surface area contributed by atoms with Crippen LogP contribution in [0.25, 0.3) is 0 Å². The van der Waals surface area contributed by atoms with Gasteiger partial charge in [-0.05, 0) is 43.0 Å². The van der Waals surface area contributed by atoms with Crippen molar-refractivity contribution in [2.75, 3.05) is 11.9 Å². The summed E-state index contributed by atoms with van der Waals surface area (Å²) in [5, 5.41) is 5.89. The molecule has 2 amide bonds. The first-order valence-electron chi connectivity index (χ1n) is 7.35. The molecule has 0 heterocycles. The molecule has 0 saturated heterocycles. The number of carbonyl (C=O) groups is 1. The Kier molecular flexibility index (Phi) is 3.65. The van der Waals surface area contributed by atoms with E-state index in [1.165, 1.54) is 5.56 Å².